The van der Waals surface area contributed by atoms with Crippen molar-refractivity contribution in [3.05, 3.63) is 47.5 Å². The summed E-state index contributed by atoms with van der Waals surface area (Å²) in [4.78, 5) is 26.6. The highest BCUT2D eigenvalue weighted by molar-refractivity contribution is 6.31. The first-order valence-electron chi connectivity index (χ1n) is 8.10. The summed E-state index contributed by atoms with van der Waals surface area (Å²) in [7, 11) is 3.09. The van der Waals surface area contributed by atoms with E-state index in [-0.39, 0.29) is 24.8 Å². The van der Waals surface area contributed by atoms with E-state index in [1.165, 1.54) is 7.11 Å². The van der Waals surface area contributed by atoms with Gasteiger partial charge >= 0.3 is 0 Å². The fraction of sp³-hybridized carbons (Fsp3) is 0.263. The van der Waals surface area contributed by atoms with Crippen LogP contribution < -0.4 is 19.7 Å². The highest BCUT2D eigenvalue weighted by Crippen LogP contribution is 2.35. The molecule has 2 aromatic rings. The van der Waals surface area contributed by atoms with Crippen LogP contribution in [0.25, 0.3) is 0 Å². The number of carbonyl (C=O) groups excluding carboxylic acids is 2. The minimum Gasteiger partial charge on any atom is -0.497 e. The Morgan fingerprint density at radius 3 is 2.73 bits per heavy atom. The van der Waals surface area contributed by atoms with Gasteiger partial charge in [0.2, 0.25) is 11.8 Å². The molecule has 2 aromatic carbocycles. The molecule has 0 aromatic heterocycles. The Morgan fingerprint density at radius 2 is 2.00 bits per heavy atom. The minimum absolute atomic E-state index is 0.130. The van der Waals surface area contributed by atoms with E-state index in [4.69, 9.17) is 21.1 Å². The number of rotatable bonds is 5. The molecule has 1 saturated heterocycles. The molecule has 26 heavy (non-hydrogen) atoms. The van der Waals surface area contributed by atoms with Gasteiger partial charge in [-0.05, 0) is 30.3 Å². The van der Waals surface area contributed by atoms with Crippen molar-refractivity contribution < 1.29 is 19.1 Å². The van der Waals surface area contributed by atoms with Crippen LogP contribution in [0.1, 0.15) is 6.42 Å². The number of ether oxygens (including phenoxy) is 2. The van der Waals surface area contributed by atoms with Crippen LogP contribution in [0.5, 0.6) is 11.5 Å². The number of hydrogen-bond acceptors (Lipinski definition) is 4. The van der Waals surface area contributed by atoms with Crippen LogP contribution in [0.15, 0.2) is 42.5 Å². The predicted octanol–water partition coefficient (Wildman–Crippen LogP) is 3.35. The van der Waals surface area contributed by atoms with Crippen molar-refractivity contribution in [3.8, 4) is 11.5 Å². The molecule has 1 heterocycles. The Hall–Kier alpha value is -2.73. The molecule has 3 rings (SSSR count). The van der Waals surface area contributed by atoms with E-state index in [0.29, 0.717) is 27.9 Å². The Labute approximate surface area is 156 Å². The molecule has 0 saturated carbocycles. The molecule has 1 aliphatic heterocycles. The highest BCUT2D eigenvalue weighted by atomic mass is 35.5. The molecule has 1 atom stereocenters. The number of amides is 2. The number of benzene rings is 2. The van der Waals surface area contributed by atoms with Crippen LogP contribution in [0, 0.1) is 5.92 Å². The summed E-state index contributed by atoms with van der Waals surface area (Å²) in [5.41, 5.74) is 1.20. The third kappa shape index (κ3) is 3.75. The fourth-order valence-electron chi connectivity index (χ4n) is 2.94. The second kappa shape index (κ2) is 7.66. The van der Waals surface area contributed by atoms with E-state index in [1.54, 1.807) is 54.5 Å². The van der Waals surface area contributed by atoms with E-state index >= 15 is 0 Å². The third-order valence-corrected chi connectivity index (χ3v) is 4.50. The summed E-state index contributed by atoms with van der Waals surface area (Å²) in [6, 6.07) is 12.1. The van der Waals surface area contributed by atoms with Crippen molar-refractivity contribution >= 4 is 34.8 Å². The lowest BCUT2D eigenvalue weighted by Crippen LogP contribution is -2.28. The van der Waals surface area contributed by atoms with Gasteiger partial charge in [0.05, 0.1) is 25.8 Å². The number of carbonyl (C=O) groups is 2. The maximum Gasteiger partial charge on any atom is 0.229 e. The summed E-state index contributed by atoms with van der Waals surface area (Å²) >= 11 is 6.05. The van der Waals surface area contributed by atoms with Crippen LogP contribution in [-0.2, 0) is 9.59 Å². The molecule has 6 nitrogen and oxygen atoms in total. The summed E-state index contributed by atoms with van der Waals surface area (Å²) in [6.45, 7) is 0.269. The number of anilines is 2. The Bertz CT molecular complexity index is 840. The lowest BCUT2D eigenvalue weighted by atomic mass is 10.1. The standard InChI is InChI=1S/C19H19ClN2O4/c1-25-15-5-3-4-14(10-15)21-19(24)12-8-18(23)22(11-12)16-9-13(20)6-7-17(16)26-2/h3-7,9-10,12H,8,11H2,1-2H3,(H,21,24). The van der Waals surface area contributed by atoms with Crippen molar-refractivity contribution in [1.29, 1.82) is 0 Å². The van der Waals surface area contributed by atoms with E-state index < -0.39 is 5.92 Å². The number of hydrogen-bond donors (Lipinski definition) is 1. The molecule has 0 spiro atoms. The first kappa shape index (κ1) is 18.1. The van der Waals surface area contributed by atoms with Crippen LogP contribution in [0.4, 0.5) is 11.4 Å². The zero-order valence-electron chi connectivity index (χ0n) is 14.5. The molecule has 136 valence electrons. The van der Waals surface area contributed by atoms with Crippen molar-refractivity contribution in [3.63, 3.8) is 0 Å². The van der Waals surface area contributed by atoms with Gasteiger partial charge in [-0.25, -0.2) is 0 Å². The van der Waals surface area contributed by atoms with Crippen molar-refractivity contribution in [2.75, 3.05) is 31.0 Å². The average molecular weight is 375 g/mol. The van der Waals surface area contributed by atoms with Gasteiger partial charge in [-0.2, -0.15) is 0 Å². The van der Waals surface area contributed by atoms with Gasteiger partial charge in [0, 0.05) is 29.7 Å². The van der Waals surface area contributed by atoms with Gasteiger partial charge in [0.25, 0.3) is 0 Å². The lowest BCUT2D eigenvalue weighted by molar-refractivity contribution is -0.122. The molecule has 1 aliphatic rings. The molecule has 0 aliphatic carbocycles. The molecule has 0 bridgehead atoms. The number of methoxy groups -OCH3 is 2. The molecule has 0 radical (unpaired) electrons. The van der Waals surface area contributed by atoms with Gasteiger partial charge < -0.3 is 19.7 Å². The molecular weight excluding hydrogens is 356 g/mol. The number of halogens is 1. The molecule has 7 heteroatoms. The van der Waals surface area contributed by atoms with E-state index in [2.05, 4.69) is 5.32 Å². The van der Waals surface area contributed by atoms with E-state index in [9.17, 15) is 9.59 Å². The number of nitrogens with zero attached hydrogens (tertiary/aromatic N) is 1. The minimum atomic E-state index is -0.461. The topological polar surface area (TPSA) is 67.9 Å². The second-order valence-electron chi connectivity index (χ2n) is 5.94. The molecule has 1 unspecified atom stereocenters. The smallest absolute Gasteiger partial charge is 0.229 e. The van der Waals surface area contributed by atoms with Gasteiger partial charge in [-0.1, -0.05) is 17.7 Å². The van der Waals surface area contributed by atoms with E-state index in [0.717, 1.165) is 0 Å². The normalized spacial score (nSPS) is 16.5. The molecule has 2 amide bonds. The van der Waals surface area contributed by atoms with Gasteiger partial charge in [-0.3, -0.25) is 9.59 Å². The summed E-state index contributed by atoms with van der Waals surface area (Å²) in [5, 5.41) is 3.33. The van der Waals surface area contributed by atoms with Gasteiger partial charge in [-0.15, -0.1) is 0 Å². The summed E-state index contributed by atoms with van der Waals surface area (Å²) in [5.74, 6) is 0.371. The molecular formula is C19H19ClN2O4. The monoisotopic (exact) mass is 374 g/mol. The molecule has 1 N–H and O–H groups in total. The number of nitrogens with one attached hydrogen (secondary N) is 1. The molecule has 1 fully saturated rings. The van der Waals surface area contributed by atoms with Crippen molar-refractivity contribution in [2.45, 2.75) is 6.42 Å². The van der Waals surface area contributed by atoms with Crippen LogP contribution in [0.2, 0.25) is 5.02 Å². The van der Waals surface area contributed by atoms with Crippen LogP contribution in [-0.4, -0.2) is 32.6 Å². The Kier molecular flexibility index (Phi) is 5.32. The lowest BCUT2D eigenvalue weighted by Gasteiger charge is -2.20. The maximum absolute atomic E-state index is 12.6. The van der Waals surface area contributed by atoms with Gasteiger partial charge in [0.1, 0.15) is 11.5 Å². The zero-order valence-corrected chi connectivity index (χ0v) is 15.2. The van der Waals surface area contributed by atoms with Crippen molar-refractivity contribution in [2.24, 2.45) is 5.92 Å². The SMILES string of the molecule is COc1cccc(NC(=O)C2CC(=O)N(c3cc(Cl)ccc3OC)C2)c1. The average Bonchev–Trinajstić information content (AvgIpc) is 3.03. The highest BCUT2D eigenvalue weighted by Gasteiger charge is 2.36. The quantitative estimate of drug-likeness (QED) is 0.871. The summed E-state index contributed by atoms with van der Waals surface area (Å²) < 4.78 is 10.5. The second-order valence-corrected chi connectivity index (χ2v) is 6.38. The zero-order chi connectivity index (χ0) is 18.7. The predicted molar refractivity (Wildman–Crippen MR) is 100 cm³/mol. The maximum atomic E-state index is 12.6. The largest absolute Gasteiger partial charge is 0.497 e. The van der Waals surface area contributed by atoms with Crippen LogP contribution >= 0.6 is 11.6 Å². The first-order chi connectivity index (χ1) is 12.5. The fourth-order valence-corrected chi connectivity index (χ4v) is 3.10. The van der Waals surface area contributed by atoms with Crippen molar-refractivity contribution in [1.82, 2.24) is 0 Å². The van der Waals surface area contributed by atoms with Gasteiger partial charge in [0.15, 0.2) is 0 Å². The van der Waals surface area contributed by atoms with Crippen LogP contribution in [0.3, 0.4) is 0 Å². The Balaban J connectivity index is 1.75. The van der Waals surface area contributed by atoms with E-state index in [1.807, 2.05) is 0 Å². The Morgan fingerprint density at radius 1 is 1.19 bits per heavy atom. The third-order valence-electron chi connectivity index (χ3n) is 4.26. The first-order valence-corrected chi connectivity index (χ1v) is 8.48. The summed E-state index contributed by atoms with van der Waals surface area (Å²) in [6.07, 6.45) is 0.130.